The highest BCUT2D eigenvalue weighted by molar-refractivity contribution is 5.80. The molecule has 0 amide bonds. The van der Waals surface area contributed by atoms with Gasteiger partial charge >= 0.3 is 5.97 Å². The molecule has 3 heteroatoms. The quantitative estimate of drug-likeness (QED) is 0.546. The molecule has 0 fully saturated rings. The molecule has 0 saturated heterocycles. The van der Waals surface area contributed by atoms with Gasteiger partial charge in [-0.15, -0.1) is 0 Å². The monoisotopic (exact) mass is 227 g/mol. The lowest BCUT2D eigenvalue weighted by Gasteiger charge is -1.91. The number of carbonyl (C=O) groups is 1. The van der Waals surface area contributed by atoms with Crippen LogP contribution in [0.5, 0.6) is 5.75 Å². The summed E-state index contributed by atoms with van der Waals surface area (Å²) in [6.45, 7) is 0. The first-order chi connectivity index (χ1) is 8.36. The summed E-state index contributed by atoms with van der Waals surface area (Å²) in [5.41, 5.74) is 0.993. The first-order valence-corrected chi connectivity index (χ1v) is 5.39. The van der Waals surface area contributed by atoms with Crippen molar-refractivity contribution in [2.24, 2.45) is 0 Å². The Kier molecular flexibility index (Phi) is 3.76. The Morgan fingerprint density at radius 2 is 1.71 bits per heavy atom. The second-order valence-corrected chi connectivity index (χ2v) is 3.53. The minimum Gasteiger partial charge on any atom is -0.426 e. The first kappa shape index (κ1) is 11.2. The van der Waals surface area contributed by atoms with Crippen molar-refractivity contribution in [3.63, 3.8) is 0 Å². The Morgan fingerprint density at radius 1 is 1.00 bits per heavy atom. The van der Waals surface area contributed by atoms with Gasteiger partial charge in [-0.2, -0.15) is 0 Å². The summed E-state index contributed by atoms with van der Waals surface area (Å²) in [4.78, 5) is 10.7. The van der Waals surface area contributed by atoms with Crippen molar-refractivity contribution in [3.8, 4) is 5.75 Å². The van der Waals surface area contributed by atoms with Gasteiger partial charge in [0.1, 0.15) is 5.75 Å². The normalized spacial score (nSPS) is 15.2. The highest BCUT2D eigenvalue weighted by atomic mass is 16.5. The van der Waals surface area contributed by atoms with Crippen LogP contribution in [0, 0.1) is 0 Å². The number of nitrogens with one attached hydrogen (secondary N) is 1. The smallest absolute Gasteiger partial charge is 0.315 e. The van der Waals surface area contributed by atoms with Gasteiger partial charge in [0.25, 0.3) is 0 Å². The molecule has 1 aromatic rings. The zero-order valence-corrected chi connectivity index (χ0v) is 9.30. The summed E-state index contributed by atoms with van der Waals surface area (Å²) in [7, 11) is 0. The Hall–Kier alpha value is -2.29. The molecular weight excluding hydrogens is 214 g/mol. The summed E-state index contributed by atoms with van der Waals surface area (Å²) in [5.74, 6) is 0.564. The average Bonchev–Trinajstić information content (AvgIpc) is 2.57. The summed E-state index contributed by atoms with van der Waals surface area (Å²) in [6, 6.07) is 7.47. The van der Waals surface area contributed by atoms with Crippen molar-refractivity contribution in [3.05, 3.63) is 66.5 Å². The van der Waals surface area contributed by atoms with Gasteiger partial charge in [-0.1, -0.05) is 30.4 Å². The van der Waals surface area contributed by atoms with E-state index in [1.54, 1.807) is 6.07 Å². The zero-order valence-electron chi connectivity index (χ0n) is 9.30. The standard InChI is InChI=1S/C8H6O2.C6H7N/c9-8-5-6-3-1-2-4-7(6)10-8;1-2-4-6-7-5-3-1/h1-4H,5H2;1-7H. The maximum Gasteiger partial charge on any atom is 0.315 e. The fourth-order valence-corrected chi connectivity index (χ4v) is 1.47. The van der Waals surface area contributed by atoms with Crippen LogP contribution in [0.25, 0.3) is 0 Å². The number of rotatable bonds is 0. The molecule has 0 unspecified atom stereocenters. The molecular formula is C14H13NO2. The van der Waals surface area contributed by atoms with Crippen molar-refractivity contribution in [1.82, 2.24) is 5.32 Å². The number of para-hydroxylation sites is 1. The van der Waals surface area contributed by atoms with E-state index < -0.39 is 0 Å². The Balaban J connectivity index is 0.000000136. The van der Waals surface area contributed by atoms with Crippen molar-refractivity contribution in [2.75, 3.05) is 0 Å². The van der Waals surface area contributed by atoms with Crippen LogP contribution in [0.15, 0.2) is 61.0 Å². The molecule has 0 spiro atoms. The third-order valence-electron chi connectivity index (χ3n) is 2.25. The lowest BCUT2D eigenvalue weighted by Crippen LogP contribution is -1.99. The van der Waals surface area contributed by atoms with Crippen LogP contribution in [0.4, 0.5) is 0 Å². The van der Waals surface area contributed by atoms with E-state index in [0.29, 0.717) is 12.2 Å². The Morgan fingerprint density at radius 3 is 2.41 bits per heavy atom. The molecule has 2 aliphatic heterocycles. The maximum absolute atomic E-state index is 10.7. The topological polar surface area (TPSA) is 38.3 Å². The fraction of sp³-hybridized carbons (Fsp3) is 0.0714. The lowest BCUT2D eigenvalue weighted by atomic mass is 10.2. The third-order valence-corrected chi connectivity index (χ3v) is 2.25. The van der Waals surface area contributed by atoms with Crippen LogP contribution >= 0.6 is 0 Å². The van der Waals surface area contributed by atoms with Gasteiger partial charge in [-0.05, 0) is 18.2 Å². The van der Waals surface area contributed by atoms with Crippen molar-refractivity contribution in [2.45, 2.75) is 6.42 Å². The third kappa shape index (κ3) is 3.34. The van der Waals surface area contributed by atoms with E-state index in [0.717, 1.165) is 5.56 Å². The largest absolute Gasteiger partial charge is 0.426 e. The molecule has 0 atom stereocenters. The minimum absolute atomic E-state index is 0.152. The highest BCUT2D eigenvalue weighted by Crippen LogP contribution is 2.24. The molecule has 0 aliphatic carbocycles. The van der Waals surface area contributed by atoms with E-state index in [-0.39, 0.29) is 5.97 Å². The number of fused-ring (bicyclic) bond motifs is 1. The van der Waals surface area contributed by atoms with E-state index >= 15 is 0 Å². The second kappa shape index (κ2) is 5.70. The molecule has 2 aliphatic rings. The molecule has 0 aromatic heterocycles. The molecule has 0 bridgehead atoms. The molecule has 1 aromatic carbocycles. The van der Waals surface area contributed by atoms with Crippen LogP contribution in [0.1, 0.15) is 5.56 Å². The number of allylic oxidation sites excluding steroid dienone is 4. The lowest BCUT2D eigenvalue weighted by molar-refractivity contribution is -0.131. The van der Waals surface area contributed by atoms with Crippen LogP contribution < -0.4 is 10.1 Å². The van der Waals surface area contributed by atoms with Gasteiger partial charge in [0.2, 0.25) is 0 Å². The second-order valence-electron chi connectivity index (χ2n) is 3.53. The zero-order chi connectivity index (χ0) is 11.9. The van der Waals surface area contributed by atoms with Gasteiger partial charge in [0.15, 0.2) is 0 Å². The van der Waals surface area contributed by atoms with Gasteiger partial charge in [0.05, 0.1) is 6.42 Å². The summed E-state index contributed by atoms with van der Waals surface area (Å²) in [6.07, 6.45) is 12.0. The number of esters is 1. The van der Waals surface area contributed by atoms with Gasteiger partial charge < -0.3 is 10.1 Å². The molecule has 1 N–H and O–H groups in total. The number of ether oxygens (including phenoxy) is 1. The molecule has 3 nitrogen and oxygen atoms in total. The summed E-state index contributed by atoms with van der Waals surface area (Å²) < 4.78 is 4.87. The number of carbonyl (C=O) groups excluding carboxylic acids is 1. The van der Waals surface area contributed by atoms with E-state index in [2.05, 4.69) is 5.32 Å². The van der Waals surface area contributed by atoms with Gasteiger partial charge in [-0.3, -0.25) is 4.79 Å². The molecule has 86 valence electrons. The summed E-state index contributed by atoms with van der Waals surface area (Å²) >= 11 is 0. The van der Waals surface area contributed by atoms with E-state index in [1.165, 1.54) is 0 Å². The number of benzene rings is 1. The minimum atomic E-state index is -0.152. The Labute approximate surface area is 100 Å². The van der Waals surface area contributed by atoms with E-state index in [1.807, 2.05) is 54.9 Å². The fourth-order valence-electron chi connectivity index (χ4n) is 1.47. The molecule has 3 rings (SSSR count). The van der Waals surface area contributed by atoms with Crippen LogP contribution in [-0.4, -0.2) is 5.97 Å². The van der Waals surface area contributed by atoms with Crippen LogP contribution in [0.3, 0.4) is 0 Å². The van der Waals surface area contributed by atoms with Crippen LogP contribution in [0.2, 0.25) is 0 Å². The van der Waals surface area contributed by atoms with Crippen molar-refractivity contribution < 1.29 is 9.53 Å². The summed E-state index contributed by atoms with van der Waals surface area (Å²) in [5, 5.41) is 2.92. The molecule has 0 saturated carbocycles. The van der Waals surface area contributed by atoms with Gasteiger partial charge in [-0.25, -0.2) is 0 Å². The predicted octanol–water partition coefficient (Wildman–Crippen LogP) is 2.32. The highest BCUT2D eigenvalue weighted by Gasteiger charge is 2.18. The van der Waals surface area contributed by atoms with Crippen LogP contribution in [-0.2, 0) is 11.2 Å². The van der Waals surface area contributed by atoms with E-state index in [4.69, 9.17) is 4.74 Å². The predicted molar refractivity (Wildman–Crippen MR) is 66.3 cm³/mol. The van der Waals surface area contributed by atoms with Crippen molar-refractivity contribution in [1.29, 1.82) is 0 Å². The SMILES string of the molecule is C1=CC=CNC=C1.O=C1Cc2ccccc2O1. The number of hydrogen-bond donors (Lipinski definition) is 1. The average molecular weight is 227 g/mol. The first-order valence-electron chi connectivity index (χ1n) is 5.39. The molecule has 0 radical (unpaired) electrons. The van der Waals surface area contributed by atoms with Crippen molar-refractivity contribution >= 4 is 5.97 Å². The molecule has 17 heavy (non-hydrogen) atoms. The van der Waals surface area contributed by atoms with E-state index in [9.17, 15) is 4.79 Å². The number of hydrogen-bond acceptors (Lipinski definition) is 3. The maximum atomic E-state index is 10.7. The Bertz CT molecular complexity index is 446. The molecule has 2 heterocycles. The van der Waals surface area contributed by atoms with Gasteiger partial charge in [0, 0.05) is 18.0 Å².